The van der Waals surface area contributed by atoms with Crippen LogP contribution in [-0.2, 0) is 9.53 Å². The lowest BCUT2D eigenvalue weighted by atomic mass is 10.1. The minimum absolute atomic E-state index is 0.111. The van der Waals surface area contributed by atoms with E-state index >= 15 is 0 Å². The van der Waals surface area contributed by atoms with Crippen molar-refractivity contribution in [3.63, 3.8) is 0 Å². The third kappa shape index (κ3) is 4.49. The Labute approximate surface area is 116 Å². The Bertz CT molecular complexity index is 505. The Morgan fingerprint density at radius 2 is 2.10 bits per heavy atom. The summed E-state index contributed by atoms with van der Waals surface area (Å²) in [5, 5.41) is 13.2. The van der Waals surface area contributed by atoms with Gasteiger partial charge in [0.25, 0.3) is 5.69 Å². The minimum atomic E-state index is -0.733. The highest BCUT2D eigenvalue weighted by molar-refractivity contribution is 5.73. The maximum Gasteiger partial charge on any atom is 0.310 e. The van der Waals surface area contributed by atoms with Crippen molar-refractivity contribution in [2.24, 2.45) is 5.92 Å². The van der Waals surface area contributed by atoms with E-state index in [4.69, 9.17) is 4.74 Å². The van der Waals surface area contributed by atoms with Gasteiger partial charge in [-0.25, -0.2) is 4.39 Å². The van der Waals surface area contributed by atoms with E-state index in [-0.39, 0.29) is 30.0 Å². The molecule has 0 aromatic heterocycles. The standard InChI is InChI=1S/C13H17FN2O4/c1-8(2)20-13(17)9(3)7-15-12-5-4-10(16(18)19)6-11(12)14/h4-6,8-9,15H,7H2,1-3H3. The van der Waals surface area contributed by atoms with Crippen molar-refractivity contribution in [3.05, 3.63) is 34.1 Å². The van der Waals surface area contributed by atoms with Gasteiger partial charge < -0.3 is 10.1 Å². The molecule has 20 heavy (non-hydrogen) atoms. The molecule has 1 rings (SSSR count). The summed E-state index contributed by atoms with van der Waals surface area (Å²) < 4.78 is 18.6. The van der Waals surface area contributed by atoms with E-state index in [0.29, 0.717) is 0 Å². The number of nitrogens with zero attached hydrogens (tertiary/aromatic N) is 1. The molecule has 0 spiro atoms. The minimum Gasteiger partial charge on any atom is -0.463 e. The molecule has 0 aliphatic rings. The largest absolute Gasteiger partial charge is 0.463 e. The maximum atomic E-state index is 13.6. The molecule has 1 atom stereocenters. The summed E-state index contributed by atoms with van der Waals surface area (Å²) >= 11 is 0. The second kappa shape index (κ2) is 6.83. The van der Waals surface area contributed by atoms with Crippen LogP contribution in [0.3, 0.4) is 0 Å². The van der Waals surface area contributed by atoms with Crippen LogP contribution in [0.5, 0.6) is 0 Å². The number of nitro benzene ring substituents is 1. The lowest BCUT2D eigenvalue weighted by molar-refractivity contribution is -0.385. The van der Waals surface area contributed by atoms with Gasteiger partial charge in [-0.15, -0.1) is 0 Å². The van der Waals surface area contributed by atoms with E-state index in [0.717, 1.165) is 6.07 Å². The van der Waals surface area contributed by atoms with Gasteiger partial charge in [-0.1, -0.05) is 6.92 Å². The molecule has 0 aliphatic heterocycles. The van der Waals surface area contributed by atoms with Crippen LogP contribution in [-0.4, -0.2) is 23.5 Å². The number of hydrogen-bond acceptors (Lipinski definition) is 5. The zero-order valence-corrected chi connectivity index (χ0v) is 11.6. The molecular weight excluding hydrogens is 267 g/mol. The van der Waals surface area contributed by atoms with Gasteiger partial charge in [0, 0.05) is 12.6 Å². The Morgan fingerprint density at radius 3 is 2.60 bits per heavy atom. The molecule has 0 saturated heterocycles. The average molecular weight is 284 g/mol. The van der Waals surface area contributed by atoms with E-state index < -0.39 is 16.7 Å². The summed E-state index contributed by atoms with van der Waals surface area (Å²) in [5.41, 5.74) is -0.208. The average Bonchev–Trinajstić information content (AvgIpc) is 2.35. The SMILES string of the molecule is CC(C)OC(=O)C(C)CNc1ccc([N+](=O)[O-])cc1F. The van der Waals surface area contributed by atoms with Gasteiger partial charge in [0.15, 0.2) is 5.82 Å². The lowest BCUT2D eigenvalue weighted by Gasteiger charge is -2.15. The number of esters is 1. The Balaban J connectivity index is 2.62. The molecule has 0 radical (unpaired) electrons. The quantitative estimate of drug-likeness (QED) is 0.493. The molecular formula is C13H17FN2O4. The normalized spacial score (nSPS) is 12.1. The summed E-state index contributed by atoms with van der Waals surface area (Å²) in [6.07, 6.45) is -0.207. The van der Waals surface area contributed by atoms with Gasteiger partial charge in [-0.05, 0) is 19.9 Å². The van der Waals surface area contributed by atoms with Crippen LogP contribution in [0.15, 0.2) is 18.2 Å². The van der Waals surface area contributed by atoms with Gasteiger partial charge in [0.1, 0.15) is 0 Å². The van der Waals surface area contributed by atoms with Gasteiger partial charge in [0.05, 0.1) is 28.7 Å². The fourth-order valence-corrected chi connectivity index (χ4v) is 1.46. The Hall–Kier alpha value is -2.18. The highest BCUT2D eigenvalue weighted by atomic mass is 19.1. The fraction of sp³-hybridized carbons (Fsp3) is 0.462. The fourth-order valence-electron chi connectivity index (χ4n) is 1.46. The zero-order chi connectivity index (χ0) is 15.3. The van der Waals surface area contributed by atoms with Crippen LogP contribution in [0.1, 0.15) is 20.8 Å². The lowest BCUT2D eigenvalue weighted by Crippen LogP contribution is -2.25. The van der Waals surface area contributed by atoms with Gasteiger partial charge in [-0.3, -0.25) is 14.9 Å². The van der Waals surface area contributed by atoms with Gasteiger partial charge >= 0.3 is 5.97 Å². The first-order chi connectivity index (χ1) is 9.31. The highest BCUT2D eigenvalue weighted by Crippen LogP contribution is 2.20. The van der Waals surface area contributed by atoms with Crippen LogP contribution in [0, 0.1) is 21.8 Å². The van der Waals surface area contributed by atoms with Crippen LogP contribution in [0.25, 0.3) is 0 Å². The number of carbonyl (C=O) groups is 1. The van der Waals surface area contributed by atoms with Crippen molar-refractivity contribution in [1.82, 2.24) is 0 Å². The van der Waals surface area contributed by atoms with E-state index in [9.17, 15) is 19.3 Å². The molecule has 0 aliphatic carbocycles. The molecule has 0 fully saturated rings. The number of carbonyl (C=O) groups excluding carboxylic acids is 1. The first-order valence-electron chi connectivity index (χ1n) is 6.19. The van der Waals surface area contributed by atoms with Crippen molar-refractivity contribution >= 4 is 17.3 Å². The van der Waals surface area contributed by atoms with Crippen molar-refractivity contribution in [2.45, 2.75) is 26.9 Å². The second-order valence-corrected chi connectivity index (χ2v) is 4.69. The smallest absolute Gasteiger partial charge is 0.310 e. The molecule has 0 heterocycles. The van der Waals surface area contributed by atoms with Crippen LogP contribution in [0.4, 0.5) is 15.8 Å². The first-order valence-corrected chi connectivity index (χ1v) is 6.19. The molecule has 0 saturated carbocycles. The number of non-ortho nitro benzene ring substituents is 1. The predicted molar refractivity (Wildman–Crippen MR) is 71.9 cm³/mol. The summed E-state index contributed by atoms with van der Waals surface area (Å²) in [4.78, 5) is 21.4. The monoisotopic (exact) mass is 284 g/mol. The molecule has 7 heteroatoms. The van der Waals surface area contributed by atoms with E-state index in [1.807, 2.05) is 0 Å². The molecule has 6 nitrogen and oxygen atoms in total. The molecule has 0 amide bonds. The number of nitro groups is 1. The Morgan fingerprint density at radius 1 is 1.45 bits per heavy atom. The van der Waals surface area contributed by atoms with Crippen molar-refractivity contribution in [1.29, 1.82) is 0 Å². The molecule has 1 aromatic carbocycles. The van der Waals surface area contributed by atoms with Crippen LogP contribution in [0.2, 0.25) is 0 Å². The van der Waals surface area contributed by atoms with Crippen LogP contribution >= 0.6 is 0 Å². The zero-order valence-electron chi connectivity index (χ0n) is 11.6. The van der Waals surface area contributed by atoms with Gasteiger partial charge in [-0.2, -0.15) is 0 Å². The second-order valence-electron chi connectivity index (χ2n) is 4.69. The maximum absolute atomic E-state index is 13.6. The topological polar surface area (TPSA) is 81.5 Å². The molecule has 1 N–H and O–H groups in total. The predicted octanol–water partition coefficient (Wildman–Crippen LogP) is 2.73. The molecule has 1 unspecified atom stereocenters. The summed E-state index contributed by atoms with van der Waals surface area (Å²) in [5.74, 6) is -1.56. The number of halogens is 1. The van der Waals surface area contributed by atoms with E-state index in [1.165, 1.54) is 12.1 Å². The number of anilines is 1. The summed E-state index contributed by atoms with van der Waals surface area (Å²) in [6, 6.07) is 3.30. The van der Waals surface area contributed by atoms with Crippen molar-refractivity contribution in [2.75, 3.05) is 11.9 Å². The number of nitrogens with one attached hydrogen (secondary N) is 1. The van der Waals surface area contributed by atoms with E-state index in [2.05, 4.69) is 5.32 Å². The van der Waals surface area contributed by atoms with Crippen LogP contribution < -0.4 is 5.32 Å². The highest BCUT2D eigenvalue weighted by Gasteiger charge is 2.17. The third-order valence-electron chi connectivity index (χ3n) is 2.52. The summed E-state index contributed by atoms with van der Waals surface area (Å²) in [6.45, 7) is 5.32. The summed E-state index contributed by atoms with van der Waals surface area (Å²) in [7, 11) is 0. The van der Waals surface area contributed by atoms with E-state index in [1.54, 1.807) is 20.8 Å². The number of benzene rings is 1. The number of ether oxygens (including phenoxy) is 1. The third-order valence-corrected chi connectivity index (χ3v) is 2.52. The van der Waals surface area contributed by atoms with Gasteiger partial charge in [0.2, 0.25) is 0 Å². The molecule has 1 aromatic rings. The molecule has 0 bridgehead atoms. The van der Waals surface area contributed by atoms with Crippen molar-refractivity contribution < 1.29 is 18.8 Å². The first kappa shape index (κ1) is 15.9. The number of hydrogen-bond donors (Lipinski definition) is 1. The molecule has 110 valence electrons. The van der Waals surface area contributed by atoms with Crippen molar-refractivity contribution in [3.8, 4) is 0 Å². The Kier molecular flexibility index (Phi) is 5.42. The number of rotatable bonds is 6.